The van der Waals surface area contributed by atoms with Crippen molar-refractivity contribution in [2.24, 2.45) is 0 Å². The van der Waals surface area contributed by atoms with Gasteiger partial charge >= 0.3 is 0 Å². The molecule has 9 aromatic rings. The molecule has 0 saturated heterocycles. The van der Waals surface area contributed by atoms with Gasteiger partial charge in [0.15, 0.2) is 0 Å². The minimum atomic E-state index is 0.844. The van der Waals surface area contributed by atoms with Gasteiger partial charge in [-0.05, 0) is 158 Å². The van der Waals surface area contributed by atoms with Crippen molar-refractivity contribution in [3.63, 3.8) is 0 Å². The van der Waals surface area contributed by atoms with Gasteiger partial charge in [0.05, 0.1) is 0 Å². The third-order valence-electron chi connectivity index (χ3n) is 12.8. The molecule has 0 nitrogen and oxygen atoms in total. The Morgan fingerprint density at radius 1 is 0.443 bits per heavy atom. The van der Waals surface area contributed by atoms with Gasteiger partial charge in [-0.15, -0.1) is 6.58 Å². The summed E-state index contributed by atoms with van der Waals surface area (Å²) in [5.74, 6) is 0. The fourth-order valence-electron chi connectivity index (χ4n) is 10.0. The van der Waals surface area contributed by atoms with Crippen molar-refractivity contribution in [3.05, 3.63) is 232 Å². The lowest BCUT2D eigenvalue weighted by Gasteiger charge is -2.16. The molecule has 0 aromatic heterocycles. The molecule has 11 rings (SSSR count). The van der Waals surface area contributed by atoms with Crippen LogP contribution in [0.4, 0.5) is 0 Å². The Hall–Kier alpha value is -7.54. The minimum Gasteiger partial charge on any atom is -0.103 e. The summed E-state index contributed by atoms with van der Waals surface area (Å²) in [6, 6.07) is 54.3. The standard InChI is InChI=1S/C61H44/c1-4-6-18-48-46(5-2)57-34-33-47(53-25-15-26-56(48)60(53)57)43-31-29-41-30-32-44(37-45-35-39(3)27-28-40(45)16-7-8-17-42(41)36-43)58-38-59-51-21-10-9-19-49(51)50-20-11-13-23-54(50)61(59)55-24-14-12-22-52(55)58/h4-5,7-38H,1,6H2,2-3H3/b8-7+,16-7?,17-8?,32-30?,40-16+,41-30-,42-17-,44-32+,44-37?,45-37-,46-5+,48-18?. The first-order valence-electron chi connectivity index (χ1n) is 21.4. The van der Waals surface area contributed by atoms with E-state index in [0.29, 0.717) is 0 Å². The molecule has 0 radical (unpaired) electrons. The number of hydrogen-bond acceptors (Lipinski definition) is 0. The first kappa shape index (κ1) is 36.5. The van der Waals surface area contributed by atoms with Crippen LogP contribution in [0.1, 0.15) is 35.6 Å². The molecule has 0 amide bonds. The molecule has 61 heavy (non-hydrogen) atoms. The van der Waals surface area contributed by atoms with Gasteiger partial charge in [0, 0.05) is 0 Å². The number of allylic oxidation sites excluding steroid dienone is 9. The van der Waals surface area contributed by atoms with E-state index in [2.05, 4.69) is 221 Å². The number of aryl methyl sites for hydroxylation is 1. The number of benzene rings is 9. The molecular weight excluding hydrogens is 733 g/mol. The average Bonchev–Trinajstić information content (AvgIpc) is 3.61. The molecule has 0 saturated carbocycles. The highest BCUT2D eigenvalue weighted by atomic mass is 14.3. The van der Waals surface area contributed by atoms with Crippen LogP contribution in [0.5, 0.6) is 0 Å². The van der Waals surface area contributed by atoms with Crippen molar-refractivity contribution < 1.29 is 0 Å². The van der Waals surface area contributed by atoms with Crippen molar-refractivity contribution in [3.8, 4) is 11.1 Å². The van der Waals surface area contributed by atoms with E-state index >= 15 is 0 Å². The van der Waals surface area contributed by atoms with Gasteiger partial charge < -0.3 is 0 Å². The molecule has 0 atom stereocenters. The van der Waals surface area contributed by atoms with Crippen molar-refractivity contribution in [1.29, 1.82) is 0 Å². The van der Waals surface area contributed by atoms with E-state index in [1.54, 1.807) is 0 Å². The molecular formula is C61H44. The van der Waals surface area contributed by atoms with Gasteiger partial charge in [-0.25, -0.2) is 0 Å². The van der Waals surface area contributed by atoms with E-state index in [0.717, 1.165) is 6.42 Å². The first-order valence-corrected chi connectivity index (χ1v) is 21.4. The number of fused-ring (bicyclic) bond motifs is 10. The van der Waals surface area contributed by atoms with Gasteiger partial charge in [-0.2, -0.15) is 0 Å². The summed E-state index contributed by atoms with van der Waals surface area (Å²) in [6.07, 6.45) is 23.3. The van der Waals surface area contributed by atoms with Crippen LogP contribution in [0.15, 0.2) is 189 Å². The molecule has 0 aliphatic heterocycles. The summed E-state index contributed by atoms with van der Waals surface area (Å²) in [5, 5.41) is 17.6. The van der Waals surface area contributed by atoms with Gasteiger partial charge in [0.25, 0.3) is 0 Å². The van der Waals surface area contributed by atoms with Crippen LogP contribution < -0.4 is 20.9 Å². The van der Waals surface area contributed by atoms with Gasteiger partial charge in [-0.3, -0.25) is 0 Å². The monoisotopic (exact) mass is 776 g/mol. The zero-order valence-corrected chi connectivity index (χ0v) is 34.5. The molecule has 9 aromatic carbocycles. The highest BCUT2D eigenvalue weighted by Gasteiger charge is 2.24. The predicted molar refractivity (Wildman–Crippen MR) is 267 cm³/mol. The smallest absolute Gasteiger partial charge is 0.00199 e. The van der Waals surface area contributed by atoms with Crippen LogP contribution in [0.2, 0.25) is 0 Å². The number of hydrogen-bond donors (Lipinski definition) is 0. The highest BCUT2D eigenvalue weighted by Crippen LogP contribution is 2.48. The maximum absolute atomic E-state index is 3.99. The Kier molecular flexibility index (Phi) is 8.94. The third-order valence-corrected chi connectivity index (χ3v) is 12.8. The summed E-state index contributed by atoms with van der Waals surface area (Å²) in [5.41, 5.74) is 11.3. The Bertz CT molecular complexity index is 3750. The molecule has 0 N–H and O–H groups in total. The van der Waals surface area contributed by atoms with E-state index in [1.807, 2.05) is 6.08 Å². The lowest BCUT2D eigenvalue weighted by Crippen LogP contribution is -2.25. The predicted octanol–water partition coefficient (Wildman–Crippen LogP) is 13.3. The lowest BCUT2D eigenvalue weighted by molar-refractivity contribution is 1.40. The van der Waals surface area contributed by atoms with Crippen molar-refractivity contribution >= 4 is 94.9 Å². The lowest BCUT2D eigenvalue weighted by atomic mass is 9.87. The molecule has 288 valence electrons. The van der Waals surface area contributed by atoms with Crippen LogP contribution in [-0.4, -0.2) is 0 Å². The second kappa shape index (κ2) is 14.9. The van der Waals surface area contributed by atoms with E-state index in [-0.39, 0.29) is 0 Å². The molecule has 0 bridgehead atoms. The maximum atomic E-state index is 3.99. The first-order chi connectivity index (χ1) is 30.1. The SMILES string of the molecule is C=CCC=C1/C(=C\C)c2ccc(-c3ccc4/c(c3)=C\C=C\C=c3/ccc(C)c/c3=C/C(c3cc5c6ccccc6c6ccccc6c5c5ccccc35)=C\C=4)c3cccc1c23. The van der Waals surface area contributed by atoms with E-state index in [1.165, 1.54) is 125 Å². The van der Waals surface area contributed by atoms with Crippen LogP contribution in [0.3, 0.4) is 0 Å². The highest BCUT2D eigenvalue weighted by molar-refractivity contribution is 6.33. The van der Waals surface area contributed by atoms with Gasteiger partial charge in [-0.1, -0.05) is 194 Å². The van der Waals surface area contributed by atoms with Crippen LogP contribution in [0, 0.1) is 6.92 Å². The largest absolute Gasteiger partial charge is 0.103 e. The number of rotatable bonds is 4. The molecule has 0 spiro atoms. The van der Waals surface area contributed by atoms with Crippen molar-refractivity contribution in [2.75, 3.05) is 0 Å². The second-order valence-electron chi connectivity index (χ2n) is 16.3. The summed E-state index contributed by atoms with van der Waals surface area (Å²) in [7, 11) is 0. The molecule has 0 heteroatoms. The molecule has 0 heterocycles. The zero-order valence-electron chi connectivity index (χ0n) is 34.5. The summed E-state index contributed by atoms with van der Waals surface area (Å²) >= 11 is 0. The topological polar surface area (TPSA) is 0 Å². The van der Waals surface area contributed by atoms with E-state index in [4.69, 9.17) is 0 Å². The fraction of sp³-hybridized carbons (Fsp3) is 0.0492. The van der Waals surface area contributed by atoms with Gasteiger partial charge in [0.1, 0.15) is 0 Å². The zero-order chi connectivity index (χ0) is 41.0. The summed E-state index contributed by atoms with van der Waals surface area (Å²) < 4.78 is 0. The van der Waals surface area contributed by atoms with E-state index in [9.17, 15) is 0 Å². The van der Waals surface area contributed by atoms with Crippen LogP contribution in [0.25, 0.3) is 106 Å². The quantitative estimate of drug-likeness (QED) is 0.123. The Labute approximate surface area is 356 Å². The van der Waals surface area contributed by atoms with Crippen LogP contribution >= 0.6 is 0 Å². The normalized spacial score (nSPS) is 18.4. The van der Waals surface area contributed by atoms with E-state index < -0.39 is 0 Å². The fourth-order valence-corrected chi connectivity index (χ4v) is 10.0. The minimum absolute atomic E-state index is 0.844. The van der Waals surface area contributed by atoms with Gasteiger partial charge in [0.2, 0.25) is 0 Å². The molecule has 2 aliphatic carbocycles. The van der Waals surface area contributed by atoms with Crippen molar-refractivity contribution in [1.82, 2.24) is 0 Å². The molecule has 0 fully saturated rings. The van der Waals surface area contributed by atoms with Crippen molar-refractivity contribution in [2.45, 2.75) is 20.3 Å². The molecule has 2 aliphatic rings. The maximum Gasteiger partial charge on any atom is -0.00199 e. The second-order valence-corrected chi connectivity index (χ2v) is 16.3. The molecule has 0 unspecified atom stereocenters. The Morgan fingerprint density at radius 2 is 1.07 bits per heavy atom. The Balaban J connectivity index is 1.17. The Morgan fingerprint density at radius 3 is 1.84 bits per heavy atom. The average molecular weight is 777 g/mol. The summed E-state index contributed by atoms with van der Waals surface area (Å²) in [6.45, 7) is 8.31. The summed E-state index contributed by atoms with van der Waals surface area (Å²) in [4.78, 5) is 0. The third kappa shape index (κ3) is 6.06. The van der Waals surface area contributed by atoms with Crippen LogP contribution in [-0.2, 0) is 0 Å².